The average molecular weight is 270 g/mol. The number of aromatic nitrogens is 1. The first-order valence-electron chi connectivity index (χ1n) is 7.09. The summed E-state index contributed by atoms with van der Waals surface area (Å²) in [4.78, 5) is 29.3. The van der Waals surface area contributed by atoms with E-state index in [9.17, 15) is 9.59 Å². The number of aromatic amines is 1. The Hall–Kier alpha value is -2.10. The summed E-state index contributed by atoms with van der Waals surface area (Å²) in [5.74, 6) is -0.0509. The number of H-pyrrole nitrogens is 1. The summed E-state index contributed by atoms with van der Waals surface area (Å²) in [7, 11) is 0. The van der Waals surface area contributed by atoms with Crippen LogP contribution in [0.15, 0.2) is 29.1 Å². The molecule has 3 rings (SSSR count). The molecule has 104 valence electrons. The van der Waals surface area contributed by atoms with Gasteiger partial charge in [0.15, 0.2) is 0 Å². The molecule has 2 aromatic rings. The highest BCUT2D eigenvalue weighted by Crippen LogP contribution is 2.19. The summed E-state index contributed by atoms with van der Waals surface area (Å²) in [5, 5.41) is 1.50. The number of aryl methyl sites for hydroxylation is 1. The minimum absolute atomic E-state index is 0.0509. The number of rotatable bonds is 1. The van der Waals surface area contributed by atoms with Gasteiger partial charge in [-0.05, 0) is 43.2 Å². The zero-order valence-electron chi connectivity index (χ0n) is 11.6. The lowest BCUT2D eigenvalue weighted by molar-refractivity contribution is 0.0717. The van der Waals surface area contributed by atoms with Crippen LogP contribution < -0.4 is 5.56 Å². The number of carbonyl (C=O) groups excluding carboxylic acids is 1. The third-order valence-electron chi connectivity index (χ3n) is 4.05. The molecular formula is C16H18N2O2. The molecule has 20 heavy (non-hydrogen) atoms. The van der Waals surface area contributed by atoms with Crippen LogP contribution in [0.3, 0.4) is 0 Å². The van der Waals surface area contributed by atoms with Crippen molar-refractivity contribution in [2.45, 2.75) is 26.2 Å². The van der Waals surface area contributed by atoms with Gasteiger partial charge >= 0.3 is 0 Å². The molecule has 2 heterocycles. The fourth-order valence-electron chi connectivity index (χ4n) is 2.89. The second kappa shape index (κ2) is 5.12. The molecule has 0 atom stereocenters. The fourth-order valence-corrected chi connectivity index (χ4v) is 2.89. The van der Waals surface area contributed by atoms with Gasteiger partial charge in [0.25, 0.3) is 11.5 Å². The Morgan fingerprint density at radius 1 is 1.10 bits per heavy atom. The maximum atomic E-state index is 12.6. The summed E-state index contributed by atoms with van der Waals surface area (Å²) in [6.07, 6.45) is 3.27. The van der Waals surface area contributed by atoms with E-state index in [1.165, 1.54) is 6.42 Å². The van der Waals surface area contributed by atoms with E-state index in [0.29, 0.717) is 11.1 Å². The van der Waals surface area contributed by atoms with Gasteiger partial charge in [-0.3, -0.25) is 9.59 Å². The van der Waals surface area contributed by atoms with Crippen molar-refractivity contribution in [3.63, 3.8) is 0 Å². The second-order valence-corrected chi connectivity index (χ2v) is 5.35. The second-order valence-electron chi connectivity index (χ2n) is 5.35. The van der Waals surface area contributed by atoms with E-state index in [1.807, 2.05) is 30.0 Å². The minimum atomic E-state index is -0.188. The lowest BCUT2D eigenvalue weighted by atomic mass is 10.0. The third-order valence-corrected chi connectivity index (χ3v) is 4.05. The van der Waals surface area contributed by atoms with Gasteiger partial charge in [-0.1, -0.05) is 18.2 Å². The lowest BCUT2D eigenvalue weighted by Gasteiger charge is -2.27. The SMILES string of the molecule is Cc1c(C(=O)N2CCCCC2)[nH]c(=O)c2ccccc12. The van der Waals surface area contributed by atoms with Crippen molar-refractivity contribution in [2.24, 2.45) is 0 Å². The molecule has 1 aromatic heterocycles. The predicted molar refractivity (Wildman–Crippen MR) is 79.1 cm³/mol. The minimum Gasteiger partial charge on any atom is -0.337 e. The number of carbonyl (C=O) groups is 1. The number of likely N-dealkylation sites (tertiary alicyclic amines) is 1. The van der Waals surface area contributed by atoms with Crippen molar-refractivity contribution in [3.8, 4) is 0 Å². The van der Waals surface area contributed by atoms with Gasteiger partial charge in [0.1, 0.15) is 5.69 Å². The zero-order chi connectivity index (χ0) is 14.1. The van der Waals surface area contributed by atoms with Crippen molar-refractivity contribution in [3.05, 3.63) is 45.9 Å². The highest BCUT2D eigenvalue weighted by molar-refractivity contribution is 5.99. The number of piperidine rings is 1. The Kier molecular flexibility index (Phi) is 3.30. The topological polar surface area (TPSA) is 53.2 Å². The van der Waals surface area contributed by atoms with Crippen molar-refractivity contribution >= 4 is 16.7 Å². The van der Waals surface area contributed by atoms with Crippen LogP contribution in [0, 0.1) is 6.92 Å². The van der Waals surface area contributed by atoms with Crippen molar-refractivity contribution < 1.29 is 4.79 Å². The number of benzene rings is 1. The molecule has 4 nitrogen and oxygen atoms in total. The smallest absolute Gasteiger partial charge is 0.270 e. The molecule has 1 amide bonds. The number of hydrogen-bond donors (Lipinski definition) is 1. The summed E-state index contributed by atoms with van der Waals surface area (Å²) in [6.45, 7) is 3.47. The molecule has 0 saturated carbocycles. The van der Waals surface area contributed by atoms with Gasteiger partial charge in [-0.25, -0.2) is 0 Å². The van der Waals surface area contributed by atoms with Gasteiger partial charge in [-0.2, -0.15) is 0 Å². The van der Waals surface area contributed by atoms with Crippen molar-refractivity contribution in [1.82, 2.24) is 9.88 Å². The maximum absolute atomic E-state index is 12.6. The number of nitrogens with one attached hydrogen (secondary N) is 1. The molecule has 0 bridgehead atoms. The largest absolute Gasteiger partial charge is 0.337 e. The third kappa shape index (κ3) is 2.11. The highest BCUT2D eigenvalue weighted by Gasteiger charge is 2.21. The molecule has 1 N–H and O–H groups in total. The van der Waals surface area contributed by atoms with E-state index in [4.69, 9.17) is 0 Å². The molecule has 1 aromatic carbocycles. The van der Waals surface area contributed by atoms with Crippen LogP contribution in [-0.2, 0) is 0 Å². The summed E-state index contributed by atoms with van der Waals surface area (Å²) in [5.41, 5.74) is 1.11. The number of pyridine rings is 1. The molecular weight excluding hydrogens is 252 g/mol. The van der Waals surface area contributed by atoms with Gasteiger partial charge < -0.3 is 9.88 Å². The molecule has 4 heteroatoms. The Labute approximate surface area is 117 Å². The Balaban J connectivity index is 2.09. The number of amides is 1. The van der Waals surface area contributed by atoms with Gasteiger partial charge in [0.05, 0.1) is 0 Å². The van der Waals surface area contributed by atoms with Gasteiger partial charge in [-0.15, -0.1) is 0 Å². The summed E-state index contributed by atoms with van der Waals surface area (Å²) in [6, 6.07) is 7.41. The monoisotopic (exact) mass is 270 g/mol. The molecule has 0 radical (unpaired) electrons. The first kappa shape index (κ1) is 12.9. The number of nitrogens with zero attached hydrogens (tertiary/aromatic N) is 1. The van der Waals surface area contributed by atoms with Gasteiger partial charge in [0, 0.05) is 18.5 Å². The van der Waals surface area contributed by atoms with Crippen LogP contribution in [0.25, 0.3) is 10.8 Å². The molecule has 1 fully saturated rings. The zero-order valence-corrected chi connectivity index (χ0v) is 11.6. The predicted octanol–water partition coefficient (Wildman–Crippen LogP) is 2.46. The van der Waals surface area contributed by atoms with Crippen LogP contribution in [0.5, 0.6) is 0 Å². The van der Waals surface area contributed by atoms with Crippen LogP contribution in [0.2, 0.25) is 0 Å². The van der Waals surface area contributed by atoms with E-state index in [1.54, 1.807) is 6.07 Å². The van der Waals surface area contributed by atoms with Gasteiger partial charge in [0.2, 0.25) is 0 Å². The highest BCUT2D eigenvalue weighted by atomic mass is 16.2. The first-order valence-corrected chi connectivity index (χ1v) is 7.09. The fraction of sp³-hybridized carbons (Fsp3) is 0.375. The van der Waals surface area contributed by atoms with E-state index >= 15 is 0 Å². The van der Waals surface area contributed by atoms with Crippen LogP contribution in [0.4, 0.5) is 0 Å². The van der Waals surface area contributed by atoms with Crippen molar-refractivity contribution in [1.29, 1.82) is 0 Å². The molecule has 0 aliphatic carbocycles. The summed E-state index contributed by atoms with van der Waals surface area (Å²) >= 11 is 0. The van der Waals surface area contributed by atoms with E-state index in [0.717, 1.165) is 36.9 Å². The molecule has 0 unspecified atom stereocenters. The summed E-state index contributed by atoms with van der Waals surface area (Å²) < 4.78 is 0. The van der Waals surface area contributed by atoms with E-state index in [-0.39, 0.29) is 11.5 Å². The van der Waals surface area contributed by atoms with Crippen molar-refractivity contribution in [2.75, 3.05) is 13.1 Å². The lowest BCUT2D eigenvalue weighted by Crippen LogP contribution is -2.37. The average Bonchev–Trinajstić information content (AvgIpc) is 2.51. The van der Waals surface area contributed by atoms with E-state index in [2.05, 4.69) is 4.98 Å². The Bertz CT molecular complexity index is 712. The van der Waals surface area contributed by atoms with Crippen LogP contribution >= 0.6 is 0 Å². The Morgan fingerprint density at radius 3 is 2.45 bits per heavy atom. The molecule has 1 aliphatic heterocycles. The van der Waals surface area contributed by atoms with Crippen LogP contribution in [-0.4, -0.2) is 28.9 Å². The first-order chi connectivity index (χ1) is 9.68. The standard InChI is InChI=1S/C16H18N2O2/c1-11-12-7-3-4-8-13(12)15(19)17-14(11)16(20)18-9-5-2-6-10-18/h3-4,7-8H,2,5-6,9-10H2,1H3,(H,17,19). The number of fused-ring (bicyclic) bond motifs is 1. The molecule has 1 aliphatic rings. The quantitative estimate of drug-likeness (QED) is 0.865. The maximum Gasteiger partial charge on any atom is 0.270 e. The molecule has 0 spiro atoms. The number of hydrogen-bond acceptors (Lipinski definition) is 2. The van der Waals surface area contributed by atoms with Crippen LogP contribution in [0.1, 0.15) is 35.3 Å². The normalized spacial score (nSPS) is 15.6. The van der Waals surface area contributed by atoms with E-state index < -0.39 is 0 Å². The Morgan fingerprint density at radius 2 is 1.75 bits per heavy atom. The molecule has 1 saturated heterocycles.